The molecule has 8 heavy (non-hydrogen) atoms. The Morgan fingerprint density at radius 2 is 2.38 bits per heavy atom. The van der Waals surface area contributed by atoms with Crippen LogP contribution in [0.1, 0.15) is 26.2 Å². The largest absolute Gasteiger partial charge is 0.285 e. The summed E-state index contributed by atoms with van der Waals surface area (Å²) in [4.78, 5) is 0. The predicted molar refractivity (Wildman–Crippen MR) is 31.3 cm³/mol. The van der Waals surface area contributed by atoms with E-state index in [1.54, 1.807) is 0 Å². The van der Waals surface area contributed by atoms with Gasteiger partial charge in [0, 0.05) is 6.04 Å². The van der Waals surface area contributed by atoms with Crippen LogP contribution in [-0.2, 0) is 0 Å². The lowest BCUT2D eigenvalue weighted by atomic mass is 10.2. The van der Waals surface area contributed by atoms with Gasteiger partial charge in [-0.1, -0.05) is 6.92 Å². The van der Waals surface area contributed by atoms with Gasteiger partial charge in [0.2, 0.25) is 0 Å². The Balaban J connectivity index is 2.22. The minimum absolute atomic E-state index is 0.449. The molecule has 1 heterocycles. The highest BCUT2D eigenvalue weighted by atomic mass is 19.1. The van der Waals surface area contributed by atoms with Crippen LogP contribution in [0.2, 0.25) is 0 Å². The fourth-order valence-electron chi connectivity index (χ4n) is 1.09. The average molecular weight is 117 g/mol. The Labute approximate surface area is 49.3 Å². The van der Waals surface area contributed by atoms with Crippen molar-refractivity contribution in [1.29, 1.82) is 0 Å². The topological polar surface area (TPSA) is 12.0 Å². The van der Waals surface area contributed by atoms with E-state index in [9.17, 15) is 4.39 Å². The number of hydrogen-bond donors (Lipinski definition) is 1. The highest BCUT2D eigenvalue weighted by molar-refractivity contribution is 4.75. The summed E-state index contributed by atoms with van der Waals surface area (Å²) in [6, 6.07) is 0.449. The first-order valence-electron chi connectivity index (χ1n) is 3.23. The third-order valence-electron chi connectivity index (χ3n) is 1.68. The summed E-state index contributed by atoms with van der Waals surface area (Å²) in [6.07, 6.45) is 2.05. The van der Waals surface area contributed by atoms with Crippen molar-refractivity contribution >= 4 is 0 Å². The monoisotopic (exact) mass is 117 g/mol. The molecule has 1 aliphatic rings. The van der Waals surface area contributed by atoms with Gasteiger partial charge < -0.3 is 0 Å². The summed E-state index contributed by atoms with van der Waals surface area (Å²) >= 11 is 0. The lowest BCUT2D eigenvalue weighted by molar-refractivity contribution is 0.297. The lowest BCUT2D eigenvalue weighted by Crippen LogP contribution is -2.25. The van der Waals surface area contributed by atoms with Gasteiger partial charge in [0.15, 0.2) is 6.30 Å². The molecule has 1 N–H and O–H groups in total. The molecule has 0 aromatic rings. The second kappa shape index (κ2) is 2.44. The van der Waals surface area contributed by atoms with Gasteiger partial charge in [0.1, 0.15) is 0 Å². The van der Waals surface area contributed by atoms with Gasteiger partial charge in [-0.05, 0) is 19.3 Å². The number of halogens is 1. The summed E-state index contributed by atoms with van der Waals surface area (Å²) in [5, 5.41) is 2.84. The molecule has 1 rings (SSSR count). The van der Waals surface area contributed by atoms with Gasteiger partial charge in [-0.25, -0.2) is 4.39 Å². The van der Waals surface area contributed by atoms with Crippen LogP contribution in [-0.4, -0.2) is 12.3 Å². The second-order valence-electron chi connectivity index (χ2n) is 2.32. The van der Waals surface area contributed by atoms with E-state index in [1.165, 1.54) is 0 Å². The number of nitrogens with one attached hydrogen (secondary N) is 1. The molecular formula is C6H12FN. The van der Waals surface area contributed by atoms with Crippen molar-refractivity contribution in [3.05, 3.63) is 0 Å². The van der Waals surface area contributed by atoms with E-state index in [0.29, 0.717) is 12.5 Å². The fourth-order valence-corrected chi connectivity index (χ4v) is 1.09. The standard InChI is InChI=1S/C6H12FN/c1-2-5-3-4-6(7)8-5/h5-6,8H,2-4H2,1H3/t5-,6+/m1/s1. The minimum Gasteiger partial charge on any atom is -0.285 e. The molecule has 1 aliphatic heterocycles. The smallest absolute Gasteiger partial charge is 0.151 e. The number of rotatable bonds is 1. The zero-order valence-electron chi connectivity index (χ0n) is 5.15. The van der Waals surface area contributed by atoms with Crippen LogP contribution in [0.15, 0.2) is 0 Å². The van der Waals surface area contributed by atoms with E-state index in [1.807, 2.05) is 0 Å². The molecule has 1 nitrogen and oxygen atoms in total. The van der Waals surface area contributed by atoms with Crippen molar-refractivity contribution in [3.8, 4) is 0 Å². The quantitative estimate of drug-likeness (QED) is 0.512. The Hall–Kier alpha value is -0.110. The molecule has 0 unspecified atom stereocenters. The Morgan fingerprint density at radius 3 is 2.62 bits per heavy atom. The van der Waals surface area contributed by atoms with Gasteiger partial charge in [0.25, 0.3) is 0 Å². The Bertz CT molecular complexity index is 74.9. The highest BCUT2D eigenvalue weighted by Gasteiger charge is 2.20. The summed E-state index contributed by atoms with van der Waals surface area (Å²) in [5.41, 5.74) is 0. The molecule has 1 fully saturated rings. The zero-order chi connectivity index (χ0) is 5.98. The van der Waals surface area contributed by atoms with Crippen molar-refractivity contribution in [3.63, 3.8) is 0 Å². The normalized spacial score (nSPS) is 38.2. The van der Waals surface area contributed by atoms with Gasteiger partial charge >= 0.3 is 0 Å². The third-order valence-corrected chi connectivity index (χ3v) is 1.68. The molecule has 0 amide bonds. The van der Waals surface area contributed by atoms with E-state index in [-0.39, 0.29) is 0 Å². The van der Waals surface area contributed by atoms with Gasteiger partial charge in [0.05, 0.1) is 0 Å². The first kappa shape index (κ1) is 6.02. The predicted octanol–water partition coefficient (Wildman–Crippen LogP) is 1.44. The molecule has 0 aromatic heterocycles. The highest BCUT2D eigenvalue weighted by Crippen LogP contribution is 2.14. The van der Waals surface area contributed by atoms with Crippen molar-refractivity contribution in [2.45, 2.75) is 38.5 Å². The van der Waals surface area contributed by atoms with Gasteiger partial charge in [-0.3, -0.25) is 5.32 Å². The molecule has 2 heteroatoms. The van der Waals surface area contributed by atoms with Crippen molar-refractivity contribution in [2.24, 2.45) is 0 Å². The first-order valence-corrected chi connectivity index (χ1v) is 3.23. The van der Waals surface area contributed by atoms with Gasteiger partial charge in [-0.15, -0.1) is 0 Å². The molecule has 48 valence electrons. The maximum atomic E-state index is 12.2. The molecule has 0 spiro atoms. The molecule has 0 aliphatic carbocycles. The van der Waals surface area contributed by atoms with Crippen molar-refractivity contribution in [2.75, 3.05) is 0 Å². The zero-order valence-corrected chi connectivity index (χ0v) is 5.15. The number of alkyl halides is 1. The summed E-state index contributed by atoms with van der Waals surface area (Å²) < 4.78 is 12.2. The molecular weight excluding hydrogens is 105 g/mol. The van der Waals surface area contributed by atoms with Crippen LogP contribution in [0, 0.1) is 0 Å². The van der Waals surface area contributed by atoms with Crippen molar-refractivity contribution in [1.82, 2.24) is 5.32 Å². The van der Waals surface area contributed by atoms with E-state index in [2.05, 4.69) is 12.2 Å². The van der Waals surface area contributed by atoms with Crippen LogP contribution in [0.4, 0.5) is 4.39 Å². The first-order chi connectivity index (χ1) is 3.83. The SMILES string of the molecule is CC[C@@H]1CC[C@@H](F)N1. The van der Waals surface area contributed by atoms with Crippen LogP contribution in [0.3, 0.4) is 0 Å². The molecule has 0 aromatic carbocycles. The van der Waals surface area contributed by atoms with Crippen LogP contribution < -0.4 is 5.32 Å². The summed E-state index contributed by atoms with van der Waals surface area (Å²) in [5.74, 6) is 0. The van der Waals surface area contributed by atoms with E-state index in [0.717, 1.165) is 12.8 Å². The maximum absolute atomic E-state index is 12.2. The van der Waals surface area contributed by atoms with E-state index >= 15 is 0 Å². The van der Waals surface area contributed by atoms with Crippen LogP contribution in [0.5, 0.6) is 0 Å². The Kier molecular flexibility index (Phi) is 1.84. The van der Waals surface area contributed by atoms with E-state index in [4.69, 9.17) is 0 Å². The summed E-state index contributed by atoms with van der Waals surface area (Å²) in [6.45, 7) is 2.08. The fraction of sp³-hybridized carbons (Fsp3) is 1.00. The molecule has 2 atom stereocenters. The maximum Gasteiger partial charge on any atom is 0.151 e. The van der Waals surface area contributed by atoms with Crippen LogP contribution >= 0.6 is 0 Å². The number of hydrogen-bond acceptors (Lipinski definition) is 1. The lowest BCUT2D eigenvalue weighted by Gasteiger charge is -2.04. The van der Waals surface area contributed by atoms with E-state index < -0.39 is 6.30 Å². The molecule has 0 saturated carbocycles. The van der Waals surface area contributed by atoms with Crippen LogP contribution in [0.25, 0.3) is 0 Å². The third kappa shape index (κ3) is 1.19. The van der Waals surface area contributed by atoms with Crippen molar-refractivity contribution < 1.29 is 4.39 Å². The summed E-state index contributed by atoms with van der Waals surface area (Å²) in [7, 11) is 0. The molecule has 1 saturated heterocycles. The molecule has 0 radical (unpaired) electrons. The van der Waals surface area contributed by atoms with Gasteiger partial charge in [-0.2, -0.15) is 0 Å². The average Bonchev–Trinajstić information content (AvgIpc) is 2.14. The molecule has 0 bridgehead atoms. The second-order valence-corrected chi connectivity index (χ2v) is 2.32. The minimum atomic E-state index is -0.722. The Morgan fingerprint density at radius 1 is 1.62 bits per heavy atom.